The molecule has 392 valence electrons. The standard InChI is InChI=1S/C66H98N6/c1-7-11-14-17-20-23-24-25-26-29-34-50-66(6)71(51-35-30-27-21-18-15-12-8-2)63-41-37-40-59-62(48-49-64(65(59)63)72(66)52-36-31-28-22-19-16-13-9-3)70-69-61-47-46-60(57-38-32-33-39-58(57)61)68-67-56-44-42-55(43-45-56)53-54(5)10-4/h32-33,37-49,54H,7-31,34-36,50-53H2,1-6H3/b68-67+,70-69+. The van der Waals surface area contributed by atoms with Crippen molar-refractivity contribution in [1.29, 1.82) is 0 Å². The van der Waals surface area contributed by atoms with Crippen molar-refractivity contribution in [2.75, 3.05) is 22.9 Å². The Morgan fingerprint density at radius 1 is 0.403 bits per heavy atom. The number of unbranched alkanes of at least 4 members (excludes halogenated alkanes) is 24. The normalized spacial score (nSPS) is 15.3. The lowest BCUT2D eigenvalue weighted by molar-refractivity contribution is 0.341. The molecule has 0 fully saturated rings. The first-order chi connectivity index (χ1) is 35.4. The maximum absolute atomic E-state index is 5.12. The summed E-state index contributed by atoms with van der Waals surface area (Å²) >= 11 is 0. The van der Waals surface area contributed by atoms with Gasteiger partial charge in [-0.25, -0.2) is 0 Å². The molecule has 0 amide bonds. The van der Waals surface area contributed by atoms with Gasteiger partial charge in [0, 0.05) is 46.0 Å². The molecule has 0 bridgehead atoms. The molecule has 0 radical (unpaired) electrons. The van der Waals surface area contributed by atoms with Gasteiger partial charge in [0.05, 0.1) is 22.7 Å². The summed E-state index contributed by atoms with van der Waals surface area (Å²) in [7, 11) is 0. The molecular formula is C66H98N6. The molecule has 0 saturated heterocycles. The van der Waals surface area contributed by atoms with Gasteiger partial charge in [0.2, 0.25) is 0 Å². The van der Waals surface area contributed by atoms with Crippen LogP contribution in [-0.4, -0.2) is 18.8 Å². The van der Waals surface area contributed by atoms with E-state index < -0.39 is 0 Å². The van der Waals surface area contributed by atoms with Gasteiger partial charge in [-0.1, -0.05) is 244 Å². The predicted octanol–water partition coefficient (Wildman–Crippen LogP) is 22.7. The van der Waals surface area contributed by atoms with Gasteiger partial charge in [-0.2, -0.15) is 5.11 Å². The second kappa shape index (κ2) is 31.9. The van der Waals surface area contributed by atoms with Gasteiger partial charge in [-0.05, 0) is 93.0 Å². The third-order valence-corrected chi connectivity index (χ3v) is 16.1. The first-order valence-corrected chi connectivity index (χ1v) is 30.0. The zero-order chi connectivity index (χ0) is 50.6. The van der Waals surface area contributed by atoms with Crippen molar-refractivity contribution in [2.45, 2.75) is 240 Å². The Morgan fingerprint density at radius 3 is 1.29 bits per heavy atom. The van der Waals surface area contributed by atoms with Crippen LogP contribution in [0, 0.1) is 5.92 Å². The van der Waals surface area contributed by atoms with E-state index in [1.807, 2.05) is 6.07 Å². The molecule has 2 unspecified atom stereocenters. The monoisotopic (exact) mass is 975 g/mol. The van der Waals surface area contributed by atoms with Gasteiger partial charge in [0.15, 0.2) is 0 Å². The van der Waals surface area contributed by atoms with Gasteiger partial charge in [-0.3, -0.25) is 0 Å². The fraction of sp³-hybridized carbons (Fsp3) is 0.606. The van der Waals surface area contributed by atoms with Crippen LogP contribution < -0.4 is 9.80 Å². The van der Waals surface area contributed by atoms with E-state index in [9.17, 15) is 0 Å². The molecule has 0 aromatic heterocycles. The Balaban J connectivity index is 1.26. The van der Waals surface area contributed by atoms with E-state index in [2.05, 4.69) is 141 Å². The van der Waals surface area contributed by atoms with Crippen LogP contribution in [0.4, 0.5) is 34.1 Å². The van der Waals surface area contributed by atoms with E-state index >= 15 is 0 Å². The molecule has 1 aliphatic heterocycles. The van der Waals surface area contributed by atoms with Crippen LogP contribution in [0.3, 0.4) is 0 Å². The summed E-state index contributed by atoms with van der Waals surface area (Å²) in [6, 6.07) is 32.7. The molecule has 1 aliphatic rings. The molecule has 0 saturated carbocycles. The van der Waals surface area contributed by atoms with Gasteiger partial charge in [-0.15, -0.1) is 15.3 Å². The van der Waals surface area contributed by atoms with Crippen molar-refractivity contribution in [3.8, 4) is 0 Å². The van der Waals surface area contributed by atoms with Crippen LogP contribution in [0.2, 0.25) is 0 Å². The highest BCUT2D eigenvalue weighted by molar-refractivity contribution is 6.10. The molecule has 6 rings (SSSR count). The van der Waals surface area contributed by atoms with Crippen molar-refractivity contribution in [1.82, 2.24) is 0 Å². The van der Waals surface area contributed by atoms with Crippen LogP contribution in [-0.2, 0) is 6.42 Å². The van der Waals surface area contributed by atoms with Crippen molar-refractivity contribution < 1.29 is 0 Å². The largest absolute Gasteiger partial charge is 0.348 e. The summed E-state index contributed by atoms with van der Waals surface area (Å²) in [4.78, 5) is 5.73. The van der Waals surface area contributed by atoms with Crippen LogP contribution in [0.25, 0.3) is 21.5 Å². The third-order valence-electron chi connectivity index (χ3n) is 16.1. The highest BCUT2D eigenvalue weighted by atomic mass is 15.4. The molecule has 0 aliphatic carbocycles. The fourth-order valence-corrected chi connectivity index (χ4v) is 11.4. The van der Waals surface area contributed by atoms with Gasteiger partial charge in [0.1, 0.15) is 5.66 Å². The highest BCUT2D eigenvalue weighted by Gasteiger charge is 2.42. The number of anilines is 2. The maximum Gasteiger partial charge on any atom is 0.110 e. The highest BCUT2D eigenvalue weighted by Crippen LogP contribution is 2.50. The summed E-state index contributed by atoms with van der Waals surface area (Å²) in [6.07, 6.45) is 39.9. The summed E-state index contributed by atoms with van der Waals surface area (Å²) in [5.41, 5.74) is 7.47. The third kappa shape index (κ3) is 17.0. The topological polar surface area (TPSA) is 55.9 Å². The van der Waals surface area contributed by atoms with Crippen LogP contribution in [0.1, 0.15) is 233 Å². The number of benzene rings is 5. The summed E-state index contributed by atoms with van der Waals surface area (Å²) in [6.45, 7) is 16.3. The van der Waals surface area contributed by atoms with Crippen LogP contribution >= 0.6 is 0 Å². The summed E-state index contributed by atoms with van der Waals surface area (Å²) in [5, 5.41) is 24.2. The van der Waals surface area contributed by atoms with Crippen LogP contribution in [0.15, 0.2) is 111 Å². The number of fused-ring (bicyclic) bond motifs is 1. The number of hydrogen-bond acceptors (Lipinski definition) is 6. The lowest BCUT2D eigenvalue weighted by atomic mass is 9.90. The van der Waals surface area contributed by atoms with Crippen molar-refractivity contribution in [2.24, 2.45) is 26.4 Å². The second-order valence-electron chi connectivity index (χ2n) is 22.0. The van der Waals surface area contributed by atoms with Gasteiger partial charge < -0.3 is 9.80 Å². The first kappa shape index (κ1) is 56.7. The number of nitrogens with zero attached hydrogens (tertiary/aromatic N) is 6. The smallest absolute Gasteiger partial charge is 0.110 e. The maximum atomic E-state index is 5.12. The minimum atomic E-state index is -0.0966. The fourth-order valence-electron chi connectivity index (χ4n) is 11.4. The molecule has 0 N–H and O–H groups in total. The van der Waals surface area contributed by atoms with E-state index in [4.69, 9.17) is 15.3 Å². The second-order valence-corrected chi connectivity index (χ2v) is 22.0. The molecule has 72 heavy (non-hydrogen) atoms. The Hall–Kier alpha value is -4.58. The molecule has 5 aromatic rings. The van der Waals surface area contributed by atoms with Gasteiger partial charge in [0.25, 0.3) is 0 Å². The minimum absolute atomic E-state index is 0.0966. The van der Waals surface area contributed by atoms with Crippen LogP contribution in [0.5, 0.6) is 0 Å². The molecule has 6 nitrogen and oxygen atoms in total. The molecule has 1 heterocycles. The SMILES string of the molecule is CCCCCCCCCCCCCC1(C)N(CCCCCCCCCC)c2cccc3c(/N=N/c4ccc(/N=N/c5ccc(CC(C)CC)cc5)c5ccccc45)ccc(c23)N1CCCCCCCCCC. The number of hydrogen-bond donors (Lipinski definition) is 0. The van der Waals surface area contributed by atoms with Crippen molar-refractivity contribution in [3.05, 3.63) is 96.6 Å². The minimum Gasteiger partial charge on any atom is -0.348 e. The number of azo groups is 2. The van der Waals surface area contributed by atoms with E-state index in [0.29, 0.717) is 5.92 Å². The van der Waals surface area contributed by atoms with E-state index in [1.54, 1.807) is 0 Å². The number of rotatable bonds is 37. The Kier molecular flexibility index (Phi) is 25.1. The average Bonchev–Trinajstić information content (AvgIpc) is 3.40. The van der Waals surface area contributed by atoms with E-state index in [1.165, 1.54) is 214 Å². The Morgan fingerprint density at radius 2 is 0.806 bits per heavy atom. The first-order valence-electron chi connectivity index (χ1n) is 30.0. The van der Waals surface area contributed by atoms with E-state index in [0.717, 1.165) is 53.0 Å². The molecule has 0 spiro atoms. The Labute approximate surface area is 439 Å². The molecule has 5 aromatic carbocycles. The molecule has 6 heteroatoms. The quantitative estimate of drug-likeness (QED) is 0.0294. The molecule has 2 atom stereocenters. The van der Waals surface area contributed by atoms with Gasteiger partial charge >= 0.3 is 0 Å². The summed E-state index contributed by atoms with van der Waals surface area (Å²) in [5.74, 6) is 0.672. The Bertz CT molecular complexity index is 2310. The lowest BCUT2D eigenvalue weighted by Crippen LogP contribution is -2.62. The van der Waals surface area contributed by atoms with E-state index in [-0.39, 0.29) is 5.66 Å². The molecular weight excluding hydrogens is 877 g/mol. The zero-order valence-corrected chi connectivity index (χ0v) is 46.5. The summed E-state index contributed by atoms with van der Waals surface area (Å²) < 4.78 is 0. The van der Waals surface area contributed by atoms with Crippen molar-refractivity contribution >= 4 is 55.7 Å². The zero-order valence-electron chi connectivity index (χ0n) is 46.5. The lowest BCUT2D eigenvalue weighted by Gasteiger charge is -2.55. The predicted molar refractivity (Wildman–Crippen MR) is 315 cm³/mol. The average molecular weight is 976 g/mol. The van der Waals surface area contributed by atoms with Crippen molar-refractivity contribution in [3.63, 3.8) is 0 Å².